The summed E-state index contributed by atoms with van der Waals surface area (Å²) in [4.78, 5) is 4.24. The highest BCUT2D eigenvalue weighted by atomic mass is 19.4. The van der Waals surface area contributed by atoms with Gasteiger partial charge in [0.25, 0.3) is 0 Å². The van der Waals surface area contributed by atoms with Crippen molar-refractivity contribution >= 4 is 5.65 Å². The molecule has 3 rings (SSSR count). The van der Waals surface area contributed by atoms with Crippen LogP contribution in [0.1, 0.15) is 5.56 Å². The van der Waals surface area contributed by atoms with Crippen molar-refractivity contribution in [1.29, 1.82) is 0 Å². The number of halogens is 3. The highest BCUT2D eigenvalue weighted by Gasteiger charge is 2.30. The molecule has 0 fully saturated rings. The van der Waals surface area contributed by atoms with E-state index in [4.69, 9.17) is 4.74 Å². The molecule has 21 heavy (non-hydrogen) atoms. The van der Waals surface area contributed by atoms with Crippen LogP contribution < -0.4 is 4.74 Å². The summed E-state index contributed by atoms with van der Waals surface area (Å²) >= 11 is 0. The van der Waals surface area contributed by atoms with Crippen LogP contribution in [0.5, 0.6) is 5.75 Å². The summed E-state index contributed by atoms with van der Waals surface area (Å²) in [6.45, 7) is 0. The van der Waals surface area contributed by atoms with Gasteiger partial charge in [-0.05, 0) is 24.3 Å². The number of pyridine rings is 1. The van der Waals surface area contributed by atoms with Crippen molar-refractivity contribution in [3.63, 3.8) is 0 Å². The third kappa shape index (κ3) is 2.56. The van der Waals surface area contributed by atoms with Crippen LogP contribution >= 0.6 is 0 Å². The Balaban J connectivity index is 2.08. The van der Waals surface area contributed by atoms with Crippen molar-refractivity contribution in [2.75, 3.05) is 7.11 Å². The fourth-order valence-electron chi connectivity index (χ4n) is 2.08. The summed E-state index contributed by atoms with van der Waals surface area (Å²) < 4.78 is 44.8. The van der Waals surface area contributed by atoms with Gasteiger partial charge in [0.2, 0.25) is 0 Å². The van der Waals surface area contributed by atoms with Crippen molar-refractivity contribution in [2.45, 2.75) is 6.18 Å². The maximum atomic E-state index is 12.7. The van der Waals surface area contributed by atoms with Crippen LogP contribution in [0.3, 0.4) is 0 Å². The average Bonchev–Trinajstić information content (AvgIpc) is 2.89. The lowest BCUT2D eigenvalue weighted by atomic mass is 10.1. The van der Waals surface area contributed by atoms with Crippen LogP contribution in [0.4, 0.5) is 13.2 Å². The highest BCUT2D eigenvalue weighted by Crippen LogP contribution is 2.30. The number of ether oxygens (including phenoxy) is 1. The lowest BCUT2D eigenvalue weighted by Crippen LogP contribution is -2.05. The Hall–Kier alpha value is -2.50. The molecule has 0 saturated heterocycles. The minimum atomic E-state index is -4.37. The third-order valence-corrected chi connectivity index (χ3v) is 3.15. The van der Waals surface area contributed by atoms with E-state index in [0.717, 1.165) is 17.7 Å². The largest absolute Gasteiger partial charge is 0.497 e. The number of alkyl halides is 3. The van der Waals surface area contributed by atoms with Crippen LogP contribution in [-0.4, -0.2) is 16.5 Å². The van der Waals surface area contributed by atoms with Gasteiger partial charge in [0, 0.05) is 18.0 Å². The van der Waals surface area contributed by atoms with Gasteiger partial charge in [-0.1, -0.05) is 12.1 Å². The van der Waals surface area contributed by atoms with Crippen molar-refractivity contribution in [3.8, 4) is 17.0 Å². The SMILES string of the molecule is COc1cccc(-c2cn3ccc(C(F)(F)F)cc3n2)c1. The molecule has 3 aromatic rings. The van der Waals surface area contributed by atoms with Crippen LogP contribution in [0.25, 0.3) is 16.9 Å². The zero-order valence-corrected chi connectivity index (χ0v) is 11.1. The molecule has 1 aromatic carbocycles. The topological polar surface area (TPSA) is 26.5 Å². The molecule has 0 aliphatic rings. The van der Waals surface area contributed by atoms with E-state index in [0.29, 0.717) is 11.4 Å². The van der Waals surface area contributed by atoms with E-state index in [1.807, 2.05) is 6.07 Å². The number of imidazole rings is 1. The van der Waals surface area contributed by atoms with Gasteiger partial charge in [0.1, 0.15) is 11.4 Å². The highest BCUT2D eigenvalue weighted by molar-refractivity contribution is 5.64. The molecule has 0 N–H and O–H groups in total. The first-order valence-corrected chi connectivity index (χ1v) is 6.18. The zero-order valence-electron chi connectivity index (χ0n) is 11.1. The number of aromatic nitrogens is 2. The molecule has 0 spiro atoms. The molecule has 0 atom stereocenters. The minimum Gasteiger partial charge on any atom is -0.497 e. The van der Waals surface area contributed by atoms with Gasteiger partial charge in [-0.25, -0.2) is 4.98 Å². The summed E-state index contributed by atoms with van der Waals surface area (Å²) in [5.74, 6) is 0.667. The van der Waals surface area contributed by atoms with E-state index in [1.165, 1.54) is 6.20 Å². The van der Waals surface area contributed by atoms with Gasteiger partial charge in [-0.2, -0.15) is 13.2 Å². The summed E-state index contributed by atoms with van der Waals surface area (Å²) in [5.41, 5.74) is 0.917. The molecule has 0 aliphatic carbocycles. The fraction of sp³-hybridized carbons (Fsp3) is 0.133. The number of hydrogen-bond acceptors (Lipinski definition) is 2. The Morgan fingerprint density at radius 2 is 1.95 bits per heavy atom. The van der Waals surface area contributed by atoms with Gasteiger partial charge < -0.3 is 9.14 Å². The predicted octanol–water partition coefficient (Wildman–Crippen LogP) is 4.03. The Morgan fingerprint density at radius 3 is 2.67 bits per heavy atom. The smallest absolute Gasteiger partial charge is 0.416 e. The maximum Gasteiger partial charge on any atom is 0.416 e. The first-order valence-electron chi connectivity index (χ1n) is 6.18. The molecular formula is C15H11F3N2O. The molecule has 0 aliphatic heterocycles. The molecule has 0 saturated carbocycles. The normalized spacial score (nSPS) is 11.8. The molecular weight excluding hydrogens is 281 g/mol. The van der Waals surface area contributed by atoms with E-state index in [2.05, 4.69) is 4.98 Å². The van der Waals surface area contributed by atoms with Crippen LogP contribution in [-0.2, 0) is 6.18 Å². The lowest BCUT2D eigenvalue weighted by molar-refractivity contribution is -0.137. The minimum absolute atomic E-state index is 0.252. The molecule has 2 heterocycles. The van der Waals surface area contributed by atoms with Gasteiger partial charge >= 0.3 is 6.18 Å². The quantitative estimate of drug-likeness (QED) is 0.713. The van der Waals surface area contributed by atoms with Gasteiger partial charge in [-0.3, -0.25) is 0 Å². The number of nitrogens with zero attached hydrogens (tertiary/aromatic N) is 2. The Labute approximate surface area is 118 Å². The summed E-state index contributed by atoms with van der Waals surface area (Å²) in [7, 11) is 1.55. The van der Waals surface area contributed by atoms with E-state index in [1.54, 1.807) is 35.9 Å². The van der Waals surface area contributed by atoms with E-state index in [-0.39, 0.29) is 5.65 Å². The second kappa shape index (κ2) is 4.80. The van der Waals surface area contributed by atoms with Gasteiger partial charge in [0.15, 0.2) is 0 Å². The van der Waals surface area contributed by atoms with E-state index in [9.17, 15) is 13.2 Å². The molecule has 0 radical (unpaired) electrons. The fourth-order valence-corrected chi connectivity index (χ4v) is 2.08. The third-order valence-electron chi connectivity index (χ3n) is 3.15. The summed E-state index contributed by atoms with van der Waals surface area (Å²) in [5, 5.41) is 0. The Kier molecular flexibility index (Phi) is 3.08. The lowest BCUT2D eigenvalue weighted by Gasteiger charge is -2.05. The molecule has 2 aromatic heterocycles. The second-order valence-electron chi connectivity index (χ2n) is 4.54. The Bertz CT molecular complexity index is 793. The van der Waals surface area contributed by atoms with Crippen molar-refractivity contribution in [2.24, 2.45) is 0 Å². The summed E-state index contributed by atoms with van der Waals surface area (Å²) in [6, 6.07) is 9.27. The van der Waals surface area contributed by atoms with Crippen molar-refractivity contribution < 1.29 is 17.9 Å². The van der Waals surface area contributed by atoms with Crippen LogP contribution in [0.2, 0.25) is 0 Å². The van der Waals surface area contributed by atoms with E-state index < -0.39 is 11.7 Å². The van der Waals surface area contributed by atoms with Crippen molar-refractivity contribution in [3.05, 3.63) is 54.4 Å². The van der Waals surface area contributed by atoms with E-state index >= 15 is 0 Å². The molecule has 3 nitrogen and oxygen atoms in total. The number of fused-ring (bicyclic) bond motifs is 1. The number of hydrogen-bond donors (Lipinski definition) is 0. The molecule has 0 bridgehead atoms. The van der Waals surface area contributed by atoms with Crippen LogP contribution in [0.15, 0.2) is 48.8 Å². The van der Waals surface area contributed by atoms with Gasteiger partial charge in [0.05, 0.1) is 18.4 Å². The number of methoxy groups -OCH3 is 1. The number of benzene rings is 1. The first-order chi connectivity index (χ1) is 9.97. The monoisotopic (exact) mass is 292 g/mol. The first kappa shape index (κ1) is 13.5. The second-order valence-corrected chi connectivity index (χ2v) is 4.54. The summed E-state index contributed by atoms with van der Waals surface area (Å²) in [6.07, 6.45) is -1.33. The zero-order chi connectivity index (χ0) is 15.0. The molecule has 6 heteroatoms. The van der Waals surface area contributed by atoms with Gasteiger partial charge in [-0.15, -0.1) is 0 Å². The maximum absolute atomic E-state index is 12.7. The Morgan fingerprint density at radius 1 is 1.14 bits per heavy atom. The predicted molar refractivity (Wildman–Crippen MR) is 72.2 cm³/mol. The van der Waals surface area contributed by atoms with Crippen LogP contribution in [0, 0.1) is 0 Å². The number of rotatable bonds is 2. The van der Waals surface area contributed by atoms with Crippen molar-refractivity contribution in [1.82, 2.24) is 9.38 Å². The molecule has 108 valence electrons. The average molecular weight is 292 g/mol. The molecule has 0 unspecified atom stereocenters. The molecule has 0 amide bonds. The standard InChI is InChI=1S/C15H11F3N2O/c1-21-12-4-2-3-10(7-12)13-9-20-6-5-11(15(16,17)18)8-14(20)19-13/h2-9H,1H3.